The molecular weight excluding hydrogens is 328 g/mol. The van der Waals surface area contributed by atoms with E-state index in [0.29, 0.717) is 23.8 Å². The second kappa shape index (κ2) is 8.84. The minimum absolute atomic E-state index is 0.00350. The van der Waals surface area contributed by atoms with Crippen LogP contribution in [-0.2, 0) is 14.2 Å². The average molecular weight is 357 g/mol. The van der Waals surface area contributed by atoms with Gasteiger partial charge in [0.1, 0.15) is 6.61 Å². The maximum atomic E-state index is 12.1. The van der Waals surface area contributed by atoms with E-state index in [-0.39, 0.29) is 17.4 Å². The SMILES string of the molecule is CC(C)(C)COC(COC(=O)c1ccc(Cl)cc1)OCC(C)(C)C. The monoisotopic (exact) mass is 356 g/mol. The second-order valence-corrected chi connectivity index (χ2v) is 8.71. The summed E-state index contributed by atoms with van der Waals surface area (Å²) in [6.07, 6.45) is -0.584. The molecule has 0 N–H and O–H groups in total. The first-order chi connectivity index (χ1) is 11.0. The van der Waals surface area contributed by atoms with Crippen molar-refractivity contribution in [3.63, 3.8) is 0 Å². The van der Waals surface area contributed by atoms with E-state index in [2.05, 4.69) is 41.5 Å². The van der Waals surface area contributed by atoms with Crippen LogP contribution in [0.4, 0.5) is 0 Å². The van der Waals surface area contributed by atoms with E-state index in [1.165, 1.54) is 0 Å². The summed E-state index contributed by atoms with van der Waals surface area (Å²) in [5.41, 5.74) is 0.456. The normalized spacial score (nSPS) is 12.5. The van der Waals surface area contributed by atoms with Crippen LogP contribution in [0.25, 0.3) is 0 Å². The van der Waals surface area contributed by atoms with Crippen molar-refractivity contribution < 1.29 is 19.0 Å². The van der Waals surface area contributed by atoms with Crippen molar-refractivity contribution in [2.24, 2.45) is 10.8 Å². The minimum Gasteiger partial charge on any atom is -0.457 e. The van der Waals surface area contributed by atoms with Crippen molar-refractivity contribution in [3.05, 3.63) is 34.9 Å². The molecule has 1 rings (SSSR count). The van der Waals surface area contributed by atoms with Gasteiger partial charge in [0, 0.05) is 5.02 Å². The molecule has 4 nitrogen and oxygen atoms in total. The zero-order valence-electron chi connectivity index (χ0n) is 15.5. The van der Waals surface area contributed by atoms with E-state index in [0.717, 1.165) is 0 Å². The third-order valence-corrected chi connectivity index (χ3v) is 3.09. The molecule has 0 saturated carbocycles. The van der Waals surface area contributed by atoms with Crippen LogP contribution in [0.5, 0.6) is 0 Å². The Morgan fingerprint density at radius 2 is 1.42 bits per heavy atom. The first kappa shape index (κ1) is 20.9. The molecule has 0 amide bonds. The molecule has 0 unspecified atom stereocenters. The smallest absolute Gasteiger partial charge is 0.338 e. The molecule has 0 atom stereocenters. The van der Waals surface area contributed by atoms with Gasteiger partial charge in [-0.15, -0.1) is 0 Å². The summed E-state index contributed by atoms with van der Waals surface area (Å²) >= 11 is 5.82. The summed E-state index contributed by atoms with van der Waals surface area (Å²) in [5, 5.41) is 0.575. The minimum atomic E-state index is -0.584. The Morgan fingerprint density at radius 3 is 1.83 bits per heavy atom. The molecule has 0 saturated heterocycles. The predicted octanol–water partition coefficient (Wildman–Crippen LogP) is 4.95. The van der Waals surface area contributed by atoms with E-state index in [9.17, 15) is 4.79 Å². The van der Waals surface area contributed by atoms with Gasteiger partial charge in [-0.1, -0.05) is 53.1 Å². The fraction of sp³-hybridized carbons (Fsp3) is 0.632. The largest absolute Gasteiger partial charge is 0.457 e. The summed E-state index contributed by atoms with van der Waals surface area (Å²) in [7, 11) is 0. The van der Waals surface area contributed by atoms with Crippen molar-refractivity contribution in [2.75, 3.05) is 19.8 Å². The number of halogens is 1. The number of rotatable bonds is 7. The van der Waals surface area contributed by atoms with Gasteiger partial charge in [0.25, 0.3) is 0 Å². The van der Waals surface area contributed by atoms with Gasteiger partial charge in [-0.25, -0.2) is 4.79 Å². The van der Waals surface area contributed by atoms with Crippen LogP contribution in [0.15, 0.2) is 24.3 Å². The number of carbonyl (C=O) groups is 1. The number of carbonyl (C=O) groups excluding carboxylic acids is 1. The highest BCUT2D eigenvalue weighted by atomic mass is 35.5. The molecule has 5 heteroatoms. The van der Waals surface area contributed by atoms with Gasteiger partial charge in [-0.2, -0.15) is 0 Å². The van der Waals surface area contributed by atoms with Crippen LogP contribution < -0.4 is 0 Å². The maximum absolute atomic E-state index is 12.1. The zero-order valence-corrected chi connectivity index (χ0v) is 16.3. The Kier molecular flexibility index (Phi) is 7.71. The van der Waals surface area contributed by atoms with Crippen LogP contribution in [0, 0.1) is 10.8 Å². The van der Waals surface area contributed by atoms with Gasteiger partial charge in [-0.05, 0) is 35.1 Å². The number of ether oxygens (including phenoxy) is 3. The molecule has 24 heavy (non-hydrogen) atoms. The molecule has 0 aliphatic heterocycles. The van der Waals surface area contributed by atoms with E-state index in [4.69, 9.17) is 25.8 Å². The number of hydrogen-bond acceptors (Lipinski definition) is 4. The Balaban J connectivity index is 2.59. The second-order valence-electron chi connectivity index (χ2n) is 8.28. The Morgan fingerprint density at radius 1 is 0.958 bits per heavy atom. The van der Waals surface area contributed by atoms with Crippen LogP contribution in [-0.4, -0.2) is 32.1 Å². The first-order valence-corrected chi connectivity index (χ1v) is 8.50. The fourth-order valence-corrected chi connectivity index (χ4v) is 1.77. The van der Waals surface area contributed by atoms with Crippen molar-refractivity contribution >= 4 is 17.6 Å². The summed E-state index contributed by atoms with van der Waals surface area (Å²) < 4.78 is 16.9. The molecule has 0 aliphatic carbocycles. The lowest BCUT2D eigenvalue weighted by Crippen LogP contribution is -2.32. The van der Waals surface area contributed by atoms with Crippen LogP contribution in [0.2, 0.25) is 5.02 Å². The maximum Gasteiger partial charge on any atom is 0.338 e. The molecular formula is C19H29ClO4. The van der Waals surface area contributed by atoms with Crippen molar-refractivity contribution in [2.45, 2.75) is 47.8 Å². The molecule has 0 spiro atoms. The van der Waals surface area contributed by atoms with Crippen molar-refractivity contribution in [1.82, 2.24) is 0 Å². The van der Waals surface area contributed by atoms with Crippen molar-refractivity contribution in [1.29, 1.82) is 0 Å². The highest BCUT2D eigenvalue weighted by Crippen LogP contribution is 2.18. The quantitative estimate of drug-likeness (QED) is 0.512. The van der Waals surface area contributed by atoms with Crippen LogP contribution in [0.3, 0.4) is 0 Å². The lowest BCUT2D eigenvalue weighted by Gasteiger charge is -2.27. The highest BCUT2D eigenvalue weighted by Gasteiger charge is 2.21. The van der Waals surface area contributed by atoms with Gasteiger partial charge >= 0.3 is 5.97 Å². The molecule has 0 bridgehead atoms. The van der Waals surface area contributed by atoms with E-state index in [1.54, 1.807) is 24.3 Å². The first-order valence-electron chi connectivity index (χ1n) is 8.12. The van der Waals surface area contributed by atoms with E-state index < -0.39 is 12.3 Å². The standard InChI is InChI=1S/C19H29ClO4/c1-18(2,3)12-23-16(24-13-19(4,5)6)11-22-17(21)14-7-9-15(20)10-8-14/h7-10,16H,11-13H2,1-6H3. The molecule has 0 fully saturated rings. The third-order valence-electron chi connectivity index (χ3n) is 2.83. The van der Waals surface area contributed by atoms with Gasteiger partial charge in [0.05, 0.1) is 18.8 Å². The Labute approximate surface area is 150 Å². The third kappa shape index (κ3) is 9.26. The summed E-state index contributed by atoms with van der Waals surface area (Å²) in [6.45, 7) is 13.5. The topological polar surface area (TPSA) is 44.8 Å². The van der Waals surface area contributed by atoms with Crippen LogP contribution in [0.1, 0.15) is 51.9 Å². The van der Waals surface area contributed by atoms with Gasteiger partial charge in [-0.3, -0.25) is 0 Å². The number of esters is 1. The molecule has 1 aromatic rings. The van der Waals surface area contributed by atoms with Crippen LogP contribution >= 0.6 is 11.6 Å². The van der Waals surface area contributed by atoms with E-state index in [1.807, 2.05) is 0 Å². The highest BCUT2D eigenvalue weighted by molar-refractivity contribution is 6.30. The summed E-state index contributed by atoms with van der Waals surface area (Å²) in [5.74, 6) is -0.421. The van der Waals surface area contributed by atoms with E-state index >= 15 is 0 Å². The Bertz CT molecular complexity index is 494. The fourth-order valence-electron chi connectivity index (χ4n) is 1.64. The average Bonchev–Trinajstić information content (AvgIpc) is 2.44. The lowest BCUT2D eigenvalue weighted by atomic mass is 9.98. The number of benzene rings is 1. The molecule has 136 valence electrons. The van der Waals surface area contributed by atoms with Gasteiger partial charge < -0.3 is 14.2 Å². The molecule has 0 radical (unpaired) electrons. The zero-order chi connectivity index (χ0) is 18.4. The predicted molar refractivity (Wildman–Crippen MR) is 96.3 cm³/mol. The van der Waals surface area contributed by atoms with Gasteiger partial charge in [0.15, 0.2) is 6.29 Å². The summed E-state index contributed by atoms with van der Waals surface area (Å²) in [4.78, 5) is 12.1. The van der Waals surface area contributed by atoms with Crippen molar-refractivity contribution in [3.8, 4) is 0 Å². The van der Waals surface area contributed by atoms with Gasteiger partial charge in [0.2, 0.25) is 0 Å². The molecule has 0 aromatic heterocycles. The molecule has 1 aromatic carbocycles. The molecule has 0 aliphatic rings. The lowest BCUT2D eigenvalue weighted by molar-refractivity contribution is -0.186. The summed E-state index contributed by atoms with van der Waals surface area (Å²) in [6, 6.07) is 6.57. The molecule has 0 heterocycles. The number of hydrogen-bond donors (Lipinski definition) is 0. The Hall–Kier alpha value is -1.10.